The van der Waals surface area contributed by atoms with Crippen molar-refractivity contribution in [1.82, 2.24) is 0 Å². The molecular formula is C15H27O7P. The molecule has 0 aromatic rings. The summed E-state index contributed by atoms with van der Waals surface area (Å²) < 4.78 is 20.3. The SMILES string of the molecule is C=C(C)C(=O)OCCCCCCCCC(=O)OCCP(=O)(O)O. The van der Waals surface area contributed by atoms with Crippen molar-refractivity contribution in [2.45, 2.75) is 51.9 Å². The Bertz CT molecular complexity index is 428. The van der Waals surface area contributed by atoms with Gasteiger partial charge in [-0.3, -0.25) is 9.36 Å². The van der Waals surface area contributed by atoms with Gasteiger partial charge in [0.15, 0.2) is 0 Å². The Morgan fingerprint density at radius 2 is 1.52 bits per heavy atom. The quantitative estimate of drug-likeness (QED) is 0.227. The van der Waals surface area contributed by atoms with Crippen molar-refractivity contribution in [3.63, 3.8) is 0 Å². The van der Waals surface area contributed by atoms with Crippen LogP contribution in [0.1, 0.15) is 51.9 Å². The average molecular weight is 350 g/mol. The topological polar surface area (TPSA) is 110 Å². The fraction of sp³-hybridized carbons (Fsp3) is 0.733. The zero-order chi connectivity index (χ0) is 17.7. The third kappa shape index (κ3) is 15.5. The first-order valence-corrected chi connectivity index (χ1v) is 9.55. The molecule has 0 fully saturated rings. The number of carbonyl (C=O) groups excluding carboxylic acids is 2. The van der Waals surface area contributed by atoms with Crippen LogP contribution in [0.5, 0.6) is 0 Å². The third-order valence-electron chi connectivity index (χ3n) is 3.00. The van der Waals surface area contributed by atoms with Crippen molar-refractivity contribution >= 4 is 19.5 Å². The van der Waals surface area contributed by atoms with Gasteiger partial charge in [0.25, 0.3) is 0 Å². The molecule has 0 saturated heterocycles. The fourth-order valence-electron chi connectivity index (χ4n) is 1.72. The second kappa shape index (κ2) is 12.3. The predicted octanol–water partition coefficient (Wildman–Crippen LogP) is 2.56. The van der Waals surface area contributed by atoms with E-state index < -0.39 is 19.7 Å². The van der Waals surface area contributed by atoms with Crippen LogP contribution in [-0.2, 0) is 23.6 Å². The van der Waals surface area contributed by atoms with Gasteiger partial charge in [-0.1, -0.05) is 32.3 Å². The number of carbonyl (C=O) groups is 2. The maximum Gasteiger partial charge on any atom is 0.333 e. The highest BCUT2D eigenvalue weighted by Gasteiger charge is 2.13. The summed E-state index contributed by atoms with van der Waals surface area (Å²) in [5.74, 6) is -0.785. The van der Waals surface area contributed by atoms with Crippen LogP contribution in [0.3, 0.4) is 0 Å². The Morgan fingerprint density at radius 3 is 2.09 bits per heavy atom. The van der Waals surface area contributed by atoms with Gasteiger partial charge in [-0.05, 0) is 19.8 Å². The third-order valence-corrected chi connectivity index (χ3v) is 3.77. The number of ether oxygens (including phenoxy) is 2. The van der Waals surface area contributed by atoms with E-state index in [4.69, 9.17) is 19.3 Å². The molecule has 8 heteroatoms. The van der Waals surface area contributed by atoms with Crippen LogP contribution in [0.2, 0.25) is 0 Å². The maximum absolute atomic E-state index is 11.3. The van der Waals surface area contributed by atoms with E-state index in [9.17, 15) is 14.2 Å². The highest BCUT2D eigenvalue weighted by atomic mass is 31.2. The first-order valence-electron chi connectivity index (χ1n) is 7.75. The summed E-state index contributed by atoms with van der Waals surface area (Å²) in [6, 6.07) is 0. The van der Waals surface area contributed by atoms with Crippen LogP contribution >= 0.6 is 7.60 Å². The van der Waals surface area contributed by atoms with Gasteiger partial charge >= 0.3 is 19.5 Å². The van der Waals surface area contributed by atoms with Gasteiger partial charge in [-0.25, -0.2) is 4.79 Å². The number of unbranched alkanes of at least 4 members (excludes halogenated alkanes) is 5. The summed E-state index contributed by atoms with van der Waals surface area (Å²) in [5.41, 5.74) is 0.401. The minimum Gasteiger partial charge on any atom is -0.465 e. The van der Waals surface area contributed by atoms with Gasteiger partial charge in [0, 0.05) is 12.0 Å². The van der Waals surface area contributed by atoms with Crippen LogP contribution in [-0.4, -0.2) is 41.1 Å². The van der Waals surface area contributed by atoms with Crippen LogP contribution in [0.25, 0.3) is 0 Å². The lowest BCUT2D eigenvalue weighted by molar-refractivity contribution is -0.143. The van der Waals surface area contributed by atoms with Crippen LogP contribution in [0.15, 0.2) is 12.2 Å². The van der Waals surface area contributed by atoms with E-state index in [2.05, 4.69) is 6.58 Å². The van der Waals surface area contributed by atoms with E-state index in [0.29, 0.717) is 18.6 Å². The minimum absolute atomic E-state index is 0.244. The summed E-state index contributed by atoms with van der Waals surface area (Å²) in [6.07, 6.45) is 5.15. The molecule has 0 heterocycles. The Hall–Kier alpha value is -1.17. The van der Waals surface area contributed by atoms with Gasteiger partial charge in [-0.15, -0.1) is 0 Å². The van der Waals surface area contributed by atoms with Crippen LogP contribution in [0.4, 0.5) is 0 Å². The second-order valence-electron chi connectivity index (χ2n) is 5.40. The molecule has 0 unspecified atom stereocenters. The van der Waals surface area contributed by atoms with Gasteiger partial charge in [0.2, 0.25) is 0 Å². The zero-order valence-corrected chi connectivity index (χ0v) is 14.6. The number of hydrogen-bond acceptors (Lipinski definition) is 5. The molecule has 0 aliphatic rings. The Kier molecular flexibility index (Phi) is 11.7. The summed E-state index contributed by atoms with van der Waals surface area (Å²) in [4.78, 5) is 39.6. The lowest BCUT2D eigenvalue weighted by Crippen LogP contribution is -2.08. The molecule has 0 aromatic heterocycles. The van der Waals surface area contributed by atoms with Crippen molar-refractivity contribution in [3.05, 3.63) is 12.2 Å². The van der Waals surface area contributed by atoms with Gasteiger partial charge < -0.3 is 19.3 Å². The highest BCUT2D eigenvalue weighted by Crippen LogP contribution is 2.33. The molecule has 0 spiro atoms. The predicted molar refractivity (Wildman–Crippen MR) is 86.0 cm³/mol. The molecule has 0 atom stereocenters. The first kappa shape index (κ1) is 21.8. The lowest BCUT2D eigenvalue weighted by atomic mass is 10.1. The summed E-state index contributed by atoms with van der Waals surface area (Å²) in [7, 11) is -4.10. The van der Waals surface area contributed by atoms with E-state index in [0.717, 1.165) is 32.1 Å². The van der Waals surface area contributed by atoms with E-state index in [1.807, 2.05) is 0 Å². The molecule has 2 N–H and O–H groups in total. The van der Waals surface area contributed by atoms with Crippen molar-refractivity contribution in [1.29, 1.82) is 0 Å². The average Bonchev–Trinajstić information content (AvgIpc) is 2.43. The highest BCUT2D eigenvalue weighted by molar-refractivity contribution is 7.51. The monoisotopic (exact) mass is 350 g/mol. The summed E-state index contributed by atoms with van der Waals surface area (Å²) >= 11 is 0. The molecule has 0 aliphatic heterocycles. The number of esters is 2. The molecule has 0 amide bonds. The lowest BCUT2D eigenvalue weighted by Gasteiger charge is -2.06. The number of hydrogen-bond donors (Lipinski definition) is 2. The van der Waals surface area contributed by atoms with Gasteiger partial charge in [-0.2, -0.15) is 0 Å². The Labute approximate surface area is 137 Å². The summed E-state index contributed by atoms with van der Waals surface area (Å²) in [5, 5.41) is 0. The Balaban J connectivity index is 3.36. The molecule has 0 radical (unpaired) electrons. The largest absolute Gasteiger partial charge is 0.465 e. The standard InChI is InChI=1S/C15H27O7P/c1-13(2)15(17)22-10-8-6-4-3-5-7-9-14(16)21-11-12-23(18,19)20/h1,3-12H2,2H3,(H2,18,19,20). The molecule has 134 valence electrons. The smallest absolute Gasteiger partial charge is 0.333 e. The molecule has 0 bridgehead atoms. The molecule has 0 aliphatic carbocycles. The van der Waals surface area contributed by atoms with E-state index in [1.54, 1.807) is 6.92 Å². The molecular weight excluding hydrogens is 323 g/mol. The van der Waals surface area contributed by atoms with Crippen LogP contribution in [0, 0.1) is 0 Å². The van der Waals surface area contributed by atoms with Crippen molar-refractivity contribution in [3.8, 4) is 0 Å². The molecule has 0 aromatic carbocycles. The van der Waals surface area contributed by atoms with E-state index in [1.165, 1.54) is 0 Å². The maximum atomic E-state index is 11.3. The molecule has 7 nitrogen and oxygen atoms in total. The van der Waals surface area contributed by atoms with Gasteiger partial charge in [0.1, 0.15) is 6.61 Å². The van der Waals surface area contributed by atoms with Crippen molar-refractivity contribution in [2.75, 3.05) is 19.4 Å². The fourth-order valence-corrected chi connectivity index (χ4v) is 2.05. The van der Waals surface area contributed by atoms with Crippen molar-refractivity contribution < 1.29 is 33.4 Å². The van der Waals surface area contributed by atoms with Crippen molar-refractivity contribution in [2.24, 2.45) is 0 Å². The summed E-state index contributed by atoms with van der Waals surface area (Å²) in [6.45, 7) is 5.26. The van der Waals surface area contributed by atoms with E-state index in [-0.39, 0.29) is 19.0 Å². The second-order valence-corrected chi connectivity index (χ2v) is 7.17. The Morgan fingerprint density at radius 1 is 0.957 bits per heavy atom. The molecule has 23 heavy (non-hydrogen) atoms. The van der Waals surface area contributed by atoms with Crippen LogP contribution < -0.4 is 0 Å². The van der Waals surface area contributed by atoms with Gasteiger partial charge in [0.05, 0.1) is 12.8 Å². The van der Waals surface area contributed by atoms with E-state index >= 15 is 0 Å². The zero-order valence-electron chi connectivity index (χ0n) is 13.7. The molecule has 0 rings (SSSR count). The number of rotatable bonds is 13. The molecule has 0 saturated carbocycles. The minimum atomic E-state index is -4.10. The first-order chi connectivity index (χ1) is 10.7. The normalized spacial score (nSPS) is 11.1.